The van der Waals surface area contributed by atoms with E-state index in [1.54, 1.807) is 0 Å². The summed E-state index contributed by atoms with van der Waals surface area (Å²) in [5.41, 5.74) is 7.95. The molecule has 0 saturated heterocycles. The topological polar surface area (TPSA) is 49.5 Å². The quantitative estimate of drug-likeness (QED) is 0.878. The predicted octanol–water partition coefficient (Wildman–Crippen LogP) is 2.65. The lowest BCUT2D eigenvalue weighted by molar-refractivity contribution is 0.297. The van der Waals surface area contributed by atoms with Gasteiger partial charge in [-0.2, -0.15) is 0 Å². The maximum atomic E-state index is 9.27. The molecule has 0 atom stereocenters. The van der Waals surface area contributed by atoms with E-state index in [9.17, 15) is 5.11 Å². The van der Waals surface area contributed by atoms with Gasteiger partial charge in [-0.3, -0.25) is 0 Å². The minimum absolute atomic E-state index is 0.196. The number of aliphatic hydroxyl groups excluding tert-OH is 1. The van der Waals surface area contributed by atoms with E-state index in [1.807, 2.05) is 0 Å². The van der Waals surface area contributed by atoms with E-state index in [0.717, 1.165) is 10.0 Å². The average Bonchev–Trinajstić information content (AvgIpc) is 2.90. The van der Waals surface area contributed by atoms with Gasteiger partial charge in [0.2, 0.25) is 0 Å². The van der Waals surface area contributed by atoms with Crippen LogP contribution in [-0.4, -0.2) is 24.3 Å². The molecular weight excluding hydrogens is 292 g/mol. The van der Waals surface area contributed by atoms with Crippen LogP contribution in [0.5, 0.6) is 0 Å². The van der Waals surface area contributed by atoms with Crippen LogP contribution in [0, 0.1) is 0 Å². The molecule has 0 aromatic heterocycles. The number of hydrogen-bond donors (Lipinski definition) is 2. The summed E-state index contributed by atoms with van der Waals surface area (Å²) >= 11 is 3.63. The van der Waals surface area contributed by atoms with Crippen molar-refractivity contribution in [2.24, 2.45) is 5.73 Å². The Kier molecular flexibility index (Phi) is 5.03. The molecule has 100 valence electrons. The normalized spacial score (nSPS) is 16.2. The van der Waals surface area contributed by atoms with Crippen LogP contribution in [0.25, 0.3) is 0 Å². The fourth-order valence-corrected chi connectivity index (χ4v) is 3.39. The molecule has 0 aliphatic heterocycles. The van der Waals surface area contributed by atoms with Crippen LogP contribution < -0.4 is 10.6 Å². The zero-order chi connectivity index (χ0) is 13.0. The van der Waals surface area contributed by atoms with Crippen molar-refractivity contribution < 1.29 is 5.11 Å². The largest absolute Gasteiger partial charge is 0.395 e. The van der Waals surface area contributed by atoms with Crippen molar-refractivity contribution in [3.8, 4) is 0 Å². The third-order valence-electron chi connectivity index (χ3n) is 3.66. The lowest BCUT2D eigenvalue weighted by Crippen LogP contribution is -2.35. The molecule has 0 spiro atoms. The van der Waals surface area contributed by atoms with Gasteiger partial charge in [0.25, 0.3) is 0 Å². The van der Waals surface area contributed by atoms with Gasteiger partial charge in [-0.15, -0.1) is 0 Å². The lowest BCUT2D eigenvalue weighted by Gasteiger charge is -2.31. The summed E-state index contributed by atoms with van der Waals surface area (Å²) in [7, 11) is 0. The van der Waals surface area contributed by atoms with Gasteiger partial charge in [0.05, 0.1) is 12.3 Å². The molecule has 18 heavy (non-hydrogen) atoms. The lowest BCUT2D eigenvalue weighted by atomic mass is 10.1. The zero-order valence-corrected chi connectivity index (χ0v) is 12.2. The monoisotopic (exact) mass is 312 g/mol. The van der Waals surface area contributed by atoms with Crippen LogP contribution in [0.2, 0.25) is 0 Å². The molecule has 0 unspecified atom stereocenters. The third-order valence-corrected chi connectivity index (χ3v) is 4.30. The van der Waals surface area contributed by atoms with Crippen molar-refractivity contribution in [3.05, 3.63) is 28.2 Å². The molecule has 2 rings (SSSR count). The summed E-state index contributed by atoms with van der Waals surface area (Å²) in [6, 6.07) is 6.83. The van der Waals surface area contributed by atoms with Crippen LogP contribution in [0.4, 0.5) is 5.69 Å². The van der Waals surface area contributed by atoms with E-state index >= 15 is 0 Å². The summed E-state index contributed by atoms with van der Waals surface area (Å²) in [4.78, 5) is 2.33. The van der Waals surface area contributed by atoms with Crippen molar-refractivity contribution in [3.63, 3.8) is 0 Å². The summed E-state index contributed by atoms with van der Waals surface area (Å²) in [5, 5.41) is 9.27. The van der Waals surface area contributed by atoms with E-state index in [2.05, 4.69) is 39.0 Å². The molecule has 1 fully saturated rings. The maximum Gasteiger partial charge on any atom is 0.0606 e. The summed E-state index contributed by atoms with van der Waals surface area (Å²) in [6.07, 6.45) is 5.05. The smallest absolute Gasteiger partial charge is 0.0606 e. The average molecular weight is 313 g/mol. The number of anilines is 1. The van der Waals surface area contributed by atoms with Crippen LogP contribution in [0.3, 0.4) is 0 Å². The van der Waals surface area contributed by atoms with Gasteiger partial charge in [0.1, 0.15) is 0 Å². The Balaban J connectivity index is 2.23. The van der Waals surface area contributed by atoms with Crippen LogP contribution in [0.15, 0.2) is 22.7 Å². The second-order valence-electron chi connectivity index (χ2n) is 4.85. The van der Waals surface area contributed by atoms with E-state index < -0.39 is 0 Å². The maximum absolute atomic E-state index is 9.27. The van der Waals surface area contributed by atoms with Gasteiger partial charge >= 0.3 is 0 Å². The summed E-state index contributed by atoms with van der Waals surface area (Å²) in [6.45, 7) is 1.45. The number of halogens is 1. The molecule has 1 saturated carbocycles. The molecule has 1 aliphatic carbocycles. The van der Waals surface area contributed by atoms with Gasteiger partial charge < -0.3 is 15.7 Å². The highest BCUT2D eigenvalue weighted by atomic mass is 79.9. The number of hydrogen-bond acceptors (Lipinski definition) is 3. The van der Waals surface area contributed by atoms with Crippen molar-refractivity contribution in [1.82, 2.24) is 0 Å². The molecule has 0 bridgehead atoms. The van der Waals surface area contributed by atoms with Gasteiger partial charge in [-0.05, 0) is 46.5 Å². The minimum atomic E-state index is 0.196. The molecule has 0 radical (unpaired) electrons. The number of nitrogens with two attached hydrogens (primary N) is 1. The first-order valence-electron chi connectivity index (χ1n) is 6.62. The number of nitrogens with zero attached hydrogens (tertiary/aromatic N) is 1. The zero-order valence-electron chi connectivity index (χ0n) is 10.6. The van der Waals surface area contributed by atoms with Crippen molar-refractivity contribution in [1.29, 1.82) is 0 Å². The van der Waals surface area contributed by atoms with Crippen molar-refractivity contribution >= 4 is 21.6 Å². The first-order chi connectivity index (χ1) is 8.76. The third kappa shape index (κ3) is 3.05. The standard InChI is InChI=1S/C14H21BrN2O/c15-13-9-11(10-16)5-6-14(13)17(7-8-18)12-3-1-2-4-12/h5-6,9,12,18H,1-4,7-8,10,16H2. The number of aliphatic hydroxyl groups is 1. The molecule has 0 heterocycles. The van der Waals surface area contributed by atoms with Gasteiger partial charge in [-0.25, -0.2) is 0 Å². The molecule has 3 N–H and O–H groups in total. The van der Waals surface area contributed by atoms with Gasteiger partial charge in [0.15, 0.2) is 0 Å². The fourth-order valence-electron chi connectivity index (χ4n) is 2.73. The Morgan fingerprint density at radius 2 is 2.06 bits per heavy atom. The predicted molar refractivity (Wildman–Crippen MR) is 78.7 cm³/mol. The molecule has 1 aromatic carbocycles. The highest BCUT2D eigenvalue weighted by molar-refractivity contribution is 9.10. The van der Waals surface area contributed by atoms with Crippen LogP contribution in [0.1, 0.15) is 31.2 Å². The SMILES string of the molecule is NCc1ccc(N(CCO)C2CCCC2)c(Br)c1. The summed E-state index contributed by atoms with van der Waals surface area (Å²) in [5.74, 6) is 0. The Morgan fingerprint density at radius 3 is 2.61 bits per heavy atom. The van der Waals surface area contributed by atoms with Gasteiger partial charge in [-0.1, -0.05) is 18.9 Å². The number of rotatable bonds is 5. The summed E-state index contributed by atoms with van der Waals surface area (Å²) < 4.78 is 1.07. The molecule has 4 heteroatoms. The number of benzene rings is 1. The van der Waals surface area contributed by atoms with E-state index in [-0.39, 0.29) is 6.61 Å². The van der Waals surface area contributed by atoms with E-state index in [1.165, 1.54) is 31.4 Å². The fraction of sp³-hybridized carbons (Fsp3) is 0.571. The minimum Gasteiger partial charge on any atom is -0.395 e. The molecule has 1 aromatic rings. The molecule has 0 amide bonds. The Hall–Kier alpha value is -0.580. The Labute approximate surface area is 117 Å². The first kappa shape index (κ1) is 13.8. The highest BCUT2D eigenvalue weighted by Crippen LogP contribution is 2.33. The second-order valence-corrected chi connectivity index (χ2v) is 5.70. The first-order valence-corrected chi connectivity index (χ1v) is 7.41. The van der Waals surface area contributed by atoms with Crippen LogP contribution in [-0.2, 0) is 6.54 Å². The van der Waals surface area contributed by atoms with E-state index in [4.69, 9.17) is 5.73 Å². The Morgan fingerprint density at radius 1 is 1.33 bits per heavy atom. The molecule has 3 nitrogen and oxygen atoms in total. The van der Waals surface area contributed by atoms with E-state index in [0.29, 0.717) is 19.1 Å². The van der Waals surface area contributed by atoms with Gasteiger partial charge in [0, 0.05) is 23.6 Å². The molecular formula is C14H21BrN2O. The highest BCUT2D eigenvalue weighted by Gasteiger charge is 2.23. The molecule has 1 aliphatic rings. The van der Waals surface area contributed by atoms with Crippen molar-refractivity contribution in [2.45, 2.75) is 38.3 Å². The Bertz CT molecular complexity index is 391. The van der Waals surface area contributed by atoms with Crippen molar-refractivity contribution in [2.75, 3.05) is 18.1 Å². The second kappa shape index (κ2) is 6.55. The van der Waals surface area contributed by atoms with Crippen LogP contribution >= 0.6 is 15.9 Å².